The van der Waals surface area contributed by atoms with Crippen molar-refractivity contribution in [3.8, 4) is 0 Å². The maximum absolute atomic E-state index is 5.28. The number of rotatable bonds is 4. The molecule has 0 spiro atoms. The summed E-state index contributed by atoms with van der Waals surface area (Å²) in [5.41, 5.74) is 6.27. The fraction of sp³-hybridized carbons (Fsp3) is 0.286. The molecule has 6 heteroatoms. The third-order valence-corrected chi connectivity index (χ3v) is 5.98. The van der Waals surface area contributed by atoms with E-state index in [1.807, 2.05) is 6.07 Å². The third-order valence-electron chi connectivity index (χ3n) is 4.92. The smallest absolute Gasteiger partial charge is 0.159 e. The number of nitrogens with zero attached hydrogens (tertiary/aromatic N) is 4. The summed E-state index contributed by atoms with van der Waals surface area (Å²) in [5.74, 6) is 1.06. The molecule has 0 saturated heterocycles. The van der Waals surface area contributed by atoms with E-state index in [9.17, 15) is 0 Å². The van der Waals surface area contributed by atoms with Crippen LogP contribution in [0.2, 0.25) is 0 Å². The zero-order valence-electron chi connectivity index (χ0n) is 15.6. The van der Waals surface area contributed by atoms with E-state index in [4.69, 9.17) is 19.7 Å². The summed E-state index contributed by atoms with van der Waals surface area (Å²) in [6.07, 6.45) is 1.95. The Bertz CT molecular complexity index is 1320. The van der Waals surface area contributed by atoms with E-state index in [1.165, 1.54) is 5.56 Å². The highest BCUT2D eigenvalue weighted by atomic mass is 32.1. The van der Waals surface area contributed by atoms with Crippen molar-refractivity contribution >= 4 is 48.5 Å². The van der Waals surface area contributed by atoms with Crippen LogP contribution in [0.5, 0.6) is 0 Å². The van der Waals surface area contributed by atoms with Gasteiger partial charge in [-0.3, -0.25) is 4.40 Å². The van der Waals surface area contributed by atoms with E-state index in [2.05, 4.69) is 42.5 Å². The van der Waals surface area contributed by atoms with E-state index >= 15 is 0 Å². The molecule has 4 heterocycles. The predicted molar refractivity (Wildman–Crippen MR) is 111 cm³/mol. The van der Waals surface area contributed by atoms with Gasteiger partial charge < -0.3 is 4.74 Å². The van der Waals surface area contributed by atoms with E-state index in [1.54, 1.807) is 18.4 Å². The van der Waals surface area contributed by atoms with E-state index < -0.39 is 0 Å². The van der Waals surface area contributed by atoms with Crippen LogP contribution in [0.1, 0.15) is 30.4 Å². The molecule has 1 aromatic carbocycles. The molecule has 0 saturated carbocycles. The highest BCUT2D eigenvalue weighted by Gasteiger charge is 2.19. The molecule has 0 aliphatic carbocycles. The maximum atomic E-state index is 5.28. The molecule has 0 fully saturated rings. The predicted octanol–water partition coefficient (Wildman–Crippen LogP) is 5.05. The number of thiophene rings is 1. The first-order valence-corrected chi connectivity index (χ1v) is 10.0. The van der Waals surface area contributed by atoms with Crippen LogP contribution in [-0.2, 0) is 17.8 Å². The summed E-state index contributed by atoms with van der Waals surface area (Å²) in [7, 11) is 1.70. The minimum absolute atomic E-state index is 0.516. The molecule has 5 aromatic rings. The first-order valence-electron chi connectivity index (χ1n) is 9.19. The number of imidazole rings is 1. The lowest BCUT2D eigenvalue weighted by Gasteiger charge is -2.06. The summed E-state index contributed by atoms with van der Waals surface area (Å²) in [6.45, 7) is 4.83. The molecule has 0 aliphatic rings. The van der Waals surface area contributed by atoms with Gasteiger partial charge in [-0.05, 0) is 37.1 Å². The quantitative estimate of drug-likeness (QED) is 0.440. The van der Waals surface area contributed by atoms with Crippen molar-refractivity contribution in [2.75, 3.05) is 7.11 Å². The Hall–Kier alpha value is -2.57. The number of methoxy groups -OCH3 is 1. The van der Waals surface area contributed by atoms with Crippen molar-refractivity contribution in [3.05, 3.63) is 47.4 Å². The van der Waals surface area contributed by atoms with E-state index in [-0.39, 0.29) is 0 Å². The minimum Gasteiger partial charge on any atom is -0.378 e. The monoisotopic (exact) mass is 376 g/mol. The lowest BCUT2D eigenvalue weighted by molar-refractivity contribution is 0.182. The van der Waals surface area contributed by atoms with Gasteiger partial charge >= 0.3 is 0 Å². The summed E-state index contributed by atoms with van der Waals surface area (Å²) in [6, 6.07) is 10.4. The summed E-state index contributed by atoms with van der Waals surface area (Å²) in [5, 5.41) is 1.14. The van der Waals surface area contributed by atoms with Crippen molar-refractivity contribution in [1.29, 1.82) is 0 Å². The largest absolute Gasteiger partial charge is 0.378 e. The number of aromatic nitrogens is 4. The average molecular weight is 376 g/mol. The van der Waals surface area contributed by atoms with Gasteiger partial charge in [-0.2, -0.15) is 0 Å². The normalized spacial score (nSPS) is 12.1. The minimum atomic E-state index is 0.516. The van der Waals surface area contributed by atoms with Gasteiger partial charge in [0.15, 0.2) is 5.65 Å². The Morgan fingerprint density at radius 3 is 2.81 bits per heavy atom. The third kappa shape index (κ3) is 2.44. The topological polar surface area (TPSA) is 52.3 Å². The molecule has 27 heavy (non-hydrogen) atoms. The molecule has 4 aromatic heterocycles. The Balaban J connectivity index is 1.96. The van der Waals surface area contributed by atoms with Crippen LogP contribution in [-0.4, -0.2) is 26.5 Å². The molecule has 136 valence electrons. The molecule has 0 bridgehead atoms. The molecule has 0 atom stereocenters. The van der Waals surface area contributed by atoms with Crippen molar-refractivity contribution in [2.24, 2.45) is 0 Å². The highest BCUT2D eigenvalue weighted by molar-refractivity contribution is 7.26. The second-order valence-corrected chi connectivity index (χ2v) is 7.86. The number of ether oxygens (including phenoxy) is 1. The van der Waals surface area contributed by atoms with E-state index in [0.29, 0.717) is 6.61 Å². The lowest BCUT2D eigenvalue weighted by atomic mass is 10.1. The second kappa shape index (κ2) is 6.25. The Morgan fingerprint density at radius 2 is 2.00 bits per heavy atom. The first-order chi connectivity index (χ1) is 13.2. The van der Waals surface area contributed by atoms with Crippen LogP contribution in [0.25, 0.3) is 37.1 Å². The molecule has 5 rings (SSSR count). The van der Waals surface area contributed by atoms with Gasteiger partial charge in [0.1, 0.15) is 10.7 Å². The number of aryl methyl sites for hydroxylation is 2. The van der Waals surface area contributed by atoms with Crippen LogP contribution in [0.15, 0.2) is 30.3 Å². The van der Waals surface area contributed by atoms with Gasteiger partial charge in [0, 0.05) is 18.9 Å². The molecule has 0 radical (unpaired) electrons. The molecular weight excluding hydrogens is 356 g/mol. The maximum Gasteiger partial charge on any atom is 0.159 e. The lowest BCUT2D eigenvalue weighted by Crippen LogP contribution is -2.01. The van der Waals surface area contributed by atoms with Crippen molar-refractivity contribution in [3.63, 3.8) is 0 Å². The Morgan fingerprint density at radius 1 is 1.15 bits per heavy atom. The van der Waals surface area contributed by atoms with Crippen LogP contribution in [0.3, 0.4) is 0 Å². The summed E-state index contributed by atoms with van der Waals surface area (Å²) >= 11 is 1.67. The van der Waals surface area contributed by atoms with Gasteiger partial charge in [-0.15, -0.1) is 11.3 Å². The zero-order valence-corrected chi connectivity index (χ0v) is 16.4. The number of hydrogen-bond donors (Lipinski definition) is 0. The molecule has 0 aliphatic heterocycles. The van der Waals surface area contributed by atoms with Gasteiger partial charge in [0.05, 0.1) is 33.6 Å². The van der Waals surface area contributed by atoms with Gasteiger partial charge in [-0.1, -0.05) is 19.1 Å². The van der Waals surface area contributed by atoms with Crippen LogP contribution < -0.4 is 0 Å². The van der Waals surface area contributed by atoms with Crippen LogP contribution in [0, 0.1) is 6.92 Å². The standard InChI is InChI=1S/C21H20N4OS/c1-4-7-16-24-18-17-12(2)10-13(11-26-3)22-21(17)27-19(18)20-23-14-8-5-6-9-15(14)25(16)20/h5-6,8-10H,4,7,11H2,1-3H3. The van der Waals surface area contributed by atoms with Crippen LogP contribution in [0.4, 0.5) is 0 Å². The van der Waals surface area contributed by atoms with Crippen molar-refractivity contribution in [1.82, 2.24) is 19.4 Å². The Labute approximate surface area is 160 Å². The average Bonchev–Trinajstić information content (AvgIpc) is 3.21. The fourth-order valence-electron chi connectivity index (χ4n) is 3.82. The van der Waals surface area contributed by atoms with Gasteiger partial charge in [-0.25, -0.2) is 15.0 Å². The number of fused-ring (bicyclic) bond motifs is 7. The number of para-hydroxylation sites is 2. The van der Waals surface area contributed by atoms with Crippen LogP contribution >= 0.6 is 11.3 Å². The highest BCUT2D eigenvalue weighted by Crippen LogP contribution is 2.37. The van der Waals surface area contributed by atoms with Gasteiger partial charge in [0.2, 0.25) is 0 Å². The number of pyridine rings is 1. The molecular formula is C21H20N4OS. The molecule has 5 nitrogen and oxygen atoms in total. The number of hydrogen-bond acceptors (Lipinski definition) is 5. The summed E-state index contributed by atoms with van der Waals surface area (Å²) < 4.78 is 8.60. The van der Waals surface area contributed by atoms with Crippen molar-refractivity contribution < 1.29 is 4.74 Å². The van der Waals surface area contributed by atoms with Crippen molar-refractivity contribution in [2.45, 2.75) is 33.3 Å². The summed E-state index contributed by atoms with van der Waals surface area (Å²) in [4.78, 5) is 15.9. The van der Waals surface area contributed by atoms with Gasteiger partial charge in [0.25, 0.3) is 0 Å². The zero-order chi connectivity index (χ0) is 18.5. The molecule has 0 unspecified atom stereocenters. The Kier molecular flexibility index (Phi) is 3.84. The second-order valence-electron chi connectivity index (χ2n) is 6.86. The molecule has 0 N–H and O–H groups in total. The number of benzene rings is 1. The first kappa shape index (κ1) is 16.6. The SMILES string of the molecule is CCCc1nc2c(sc3nc(COC)cc(C)c32)c2nc3ccccc3n12. The fourth-order valence-corrected chi connectivity index (χ4v) is 5.01. The van der Waals surface area contributed by atoms with E-state index in [0.717, 1.165) is 61.5 Å². The molecule has 0 amide bonds.